The highest BCUT2D eigenvalue weighted by atomic mass is 16.8. The number of ether oxygens (including phenoxy) is 10. The first-order valence-electron chi connectivity index (χ1n) is 24.9. The highest BCUT2D eigenvalue weighted by Crippen LogP contribution is 2.37. The molecule has 0 aromatic carbocycles. The molecule has 34 nitrogen and oxygen atoms in total. The van der Waals surface area contributed by atoms with Gasteiger partial charge in [-0.3, -0.25) is 19.2 Å². The molecule has 0 aromatic heterocycles. The summed E-state index contributed by atoms with van der Waals surface area (Å²) in [6.07, 6.45) is -48.1. The number of aliphatic hydroxyl groups excluding tert-OH is 16. The highest BCUT2D eigenvalue weighted by Gasteiger charge is 2.58. The van der Waals surface area contributed by atoms with Crippen molar-refractivity contribution in [2.75, 3.05) is 39.6 Å². The third-order valence-electron chi connectivity index (χ3n) is 13.6. The maximum Gasteiger partial charge on any atom is 0.217 e. The molecule has 5 aliphatic heterocycles. The maximum absolute atomic E-state index is 13.1. The summed E-state index contributed by atoms with van der Waals surface area (Å²) in [4.78, 5) is 49.9. The van der Waals surface area contributed by atoms with Crippen molar-refractivity contribution in [1.29, 1.82) is 0 Å². The van der Waals surface area contributed by atoms with Gasteiger partial charge in [0.1, 0.15) is 134 Å². The molecule has 34 heteroatoms. The van der Waals surface area contributed by atoms with Gasteiger partial charge in [0.15, 0.2) is 31.5 Å². The number of amides is 4. The quantitative estimate of drug-likeness (QED) is 0.0452. The molecule has 0 spiro atoms. The molecule has 0 bridgehead atoms. The number of carbonyl (C=O) groups is 4. The first-order valence-corrected chi connectivity index (χ1v) is 24.9. The zero-order chi connectivity index (χ0) is 58.2. The van der Waals surface area contributed by atoms with Crippen LogP contribution < -0.4 is 21.3 Å². The van der Waals surface area contributed by atoms with Crippen LogP contribution in [0.25, 0.3) is 0 Å². The summed E-state index contributed by atoms with van der Waals surface area (Å²) in [7, 11) is 0. The van der Waals surface area contributed by atoms with Crippen LogP contribution >= 0.6 is 0 Å². The van der Waals surface area contributed by atoms with E-state index in [2.05, 4.69) is 21.3 Å². The minimum atomic E-state index is -2.31. The second-order valence-corrected chi connectivity index (χ2v) is 19.5. The van der Waals surface area contributed by atoms with Crippen LogP contribution in [0.3, 0.4) is 0 Å². The lowest BCUT2D eigenvalue weighted by Gasteiger charge is -2.51. The van der Waals surface area contributed by atoms with E-state index in [1.807, 2.05) is 0 Å². The van der Waals surface area contributed by atoms with E-state index in [1.165, 1.54) is 6.92 Å². The number of hydrogen-bond donors (Lipinski definition) is 20. The summed E-state index contributed by atoms with van der Waals surface area (Å²) in [5.41, 5.74) is 0. The molecule has 78 heavy (non-hydrogen) atoms. The number of nitrogens with one attached hydrogen (secondary N) is 4. The van der Waals surface area contributed by atoms with Crippen molar-refractivity contribution in [3.63, 3.8) is 0 Å². The fourth-order valence-electron chi connectivity index (χ4n) is 9.55. The highest BCUT2D eigenvalue weighted by molar-refractivity contribution is 5.74. The summed E-state index contributed by atoms with van der Waals surface area (Å²) in [6.45, 7) is -0.716. The first kappa shape index (κ1) is 65.6. The largest absolute Gasteiger partial charge is 0.394 e. The van der Waals surface area contributed by atoms with Gasteiger partial charge in [-0.2, -0.15) is 0 Å². The summed E-state index contributed by atoms with van der Waals surface area (Å²) in [5.74, 6) is -3.31. The van der Waals surface area contributed by atoms with Crippen molar-refractivity contribution in [2.45, 2.75) is 212 Å². The van der Waals surface area contributed by atoms with Crippen LogP contribution in [0, 0.1) is 0 Å². The molecule has 5 aliphatic rings. The molecular weight excluding hydrogens is 1060 g/mol. The van der Waals surface area contributed by atoms with E-state index < -0.39 is 241 Å². The van der Waals surface area contributed by atoms with Crippen molar-refractivity contribution in [3.8, 4) is 0 Å². The molecule has 0 aromatic rings. The molecule has 0 aliphatic carbocycles. The molecule has 5 fully saturated rings. The van der Waals surface area contributed by atoms with Gasteiger partial charge < -0.3 is 150 Å². The molecule has 452 valence electrons. The van der Waals surface area contributed by atoms with E-state index in [9.17, 15) is 101 Å². The summed E-state index contributed by atoms with van der Waals surface area (Å²) in [5, 5.41) is 183. The number of rotatable bonds is 23. The molecule has 5 heterocycles. The van der Waals surface area contributed by atoms with E-state index in [0.717, 1.165) is 27.7 Å². The van der Waals surface area contributed by atoms with Gasteiger partial charge in [0.05, 0.1) is 51.8 Å². The number of aliphatic hydroxyl groups is 16. The lowest BCUT2D eigenvalue weighted by molar-refractivity contribution is -0.398. The lowest BCUT2D eigenvalue weighted by atomic mass is 9.94. The van der Waals surface area contributed by atoms with Gasteiger partial charge in [-0.05, 0) is 6.92 Å². The Kier molecular flexibility index (Phi) is 24.6. The third kappa shape index (κ3) is 15.5. The van der Waals surface area contributed by atoms with E-state index in [4.69, 9.17) is 47.4 Å². The summed E-state index contributed by atoms with van der Waals surface area (Å²) >= 11 is 0. The van der Waals surface area contributed by atoms with Gasteiger partial charge >= 0.3 is 0 Å². The summed E-state index contributed by atoms with van der Waals surface area (Å²) < 4.78 is 59.1. The Morgan fingerprint density at radius 2 is 0.897 bits per heavy atom. The molecule has 29 atom stereocenters. The molecule has 0 unspecified atom stereocenters. The van der Waals surface area contributed by atoms with Gasteiger partial charge in [-0.1, -0.05) is 0 Å². The second kappa shape index (κ2) is 29.2. The van der Waals surface area contributed by atoms with Crippen molar-refractivity contribution in [1.82, 2.24) is 21.3 Å². The molecule has 4 amide bonds. The zero-order valence-corrected chi connectivity index (χ0v) is 42.9. The normalized spacial score (nSPS) is 42.9. The van der Waals surface area contributed by atoms with E-state index in [-0.39, 0.29) is 0 Å². The van der Waals surface area contributed by atoms with E-state index in [1.54, 1.807) is 0 Å². The molecule has 0 radical (unpaired) electrons. The van der Waals surface area contributed by atoms with Crippen LogP contribution in [0.4, 0.5) is 0 Å². The molecule has 5 rings (SSSR count). The van der Waals surface area contributed by atoms with Crippen LogP contribution in [0.5, 0.6) is 0 Å². The standard InChI is InChI=1S/C44H76N4O30/c1-12-26(59)34(67)35(68)43(70-12)78-39-38(77-41-24(47-15(4)56)33(66)29(62)20(8-51)72-41)31(64)22(10-53)74-44(39)76-37-25(48-16(5)57)42(73-21(9-52)30(37)63)75-36(17(6-49)45-13(2)54)27(60)18(58)11-69-40-23(46-14(3)55)32(65)28(61)19(7-50)71-40/h12,17-44,49-53,58-68H,6-11H2,1-5H3,(H,45,54)(H,46,55)(H,47,56)(H,48,57)/t12-,17-,18+,19+,20+,21+,22+,23+,24+,25+,26+,27-,28+,29-,30+,31-,32+,33+,34+,35-,36+,37+,38-,39+,40+,41-,42-,43-,44-/m0/s1. The predicted molar refractivity (Wildman–Crippen MR) is 246 cm³/mol. The Morgan fingerprint density at radius 1 is 0.462 bits per heavy atom. The Balaban J connectivity index is 1.56. The van der Waals surface area contributed by atoms with Gasteiger partial charge in [0.25, 0.3) is 0 Å². The Morgan fingerprint density at radius 3 is 1.40 bits per heavy atom. The van der Waals surface area contributed by atoms with Crippen LogP contribution in [0.15, 0.2) is 0 Å². The van der Waals surface area contributed by atoms with Crippen LogP contribution in [-0.2, 0) is 66.5 Å². The van der Waals surface area contributed by atoms with E-state index in [0.29, 0.717) is 0 Å². The minimum absolute atomic E-state index is 0.731. The molecule has 5 saturated heterocycles. The van der Waals surface area contributed by atoms with Gasteiger partial charge in [0, 0.05) is 27.7 Å². The third-order valence-corrected chi connectivity index (χ3v) is 13.6. The SMILES string of the molecule is CC(=O)N[C@H]1[C@H](O[C@H]2[C@@H](O)[C@@H](CO)O[C@@H](O[C@H]3[C@H](O)[C@@H](CO)O[C@@H](O[C@@H]([C@@H](O)[C@H](O)CO[C@@H]4O[C@H](CO)[C@@H](O)[C@H](O)[C@H]4NC(C)=O)[C@H](CO)NC(C)=O)[C@@H]3NC(C)=O)[C@@H]2O[C@@H]2O[C@@H](C)[C@@H](O)[C@@H](O)[C@@H]2O)O[C@H](CO)[C@H](O)[C@@H]1O. The van der Waals surface area contributed by atoms with Crippen molar-refractivity contribution >= 4 is 23.6 Å². The zero-order valence-electron chi connectivity index (χ0n) is 42.9. The van der Waals surface area contributed by atoms with Crippen molar-refractivity contribution < 1.29 is 148 Å². The molecular formula is C44H76N4O30. The topological polar surface area (TPSA) is 532 Å². The average molecular weight is 1140 g/mol. The predicted octanol–water partition coefficient (Wildman–Crippen LogP) is -12.9. The molecule has 20 N–H and O–H groups in total. The second-order valence-electron chi connectivity index (χ2n) is 19.5. The van der Waals surface area contributed by atoms with Gasteiger partial charge in [-0.25, -0.2) is 0 Å². The fraction of sp³-hybridized carbons (Fsp3) is 0.909. The van der Waals surface area contributed by atoms with E-state index >= 15 is 0 Å². The van der Waals surface area contributed by atoms with Gasteiger partial charge in [0.2, 0.25) is 23.6 Å². The van der Waals surface area contributed by atoms with Crippen molar-refractivity contribution in [2.24, 2.45) is 0 Å². The van der Waals surface area contributed by atoms with Crippen LogP contribution in [0.1, 0.15) is 34.6 Å². The average Bonchev–Trinajstić information content (AvgIpc) is 3.43. The number of hydrogen-bond acceptors (Lipinski definition) is 30. The van der Waals surface area contributed by atoms with Crippen molar-refractivity contribution in [3.05, 3.63) is 0 Å². The smallest absolute Gasteiger partial charge is 0.217 e. The monoisotopic (exact) mass is 1140 g/mol. The Bertz CT molecular complexity index is 1920. The van der Waals surface area contributed by atoms with Gasteiger partial charge in [-0.15, -0.1) is 0 Å². The summed E-state index contributed by atoms with van der Waals surface area (Å²) in [6, 6.07) is -6.84. The van der Waals surface area contributed by atoms with Crippen LogP contribution in [-0.4, -0.2) is 323 Å². The lowest BCUT2D eigenvalue weighted by Crippen LogP contribution is -2.71. The molecule has 0 saturated carbocycles. The fourth-order valence-corrected chi connectivity index (χ4v) is 9.55. The Hall–Kier alpha value is -3.16. The minimum Gasteiger partial charge on any atom is -0.394 e. The van der Waals surface area contributed by atoms with Crippen LogP contribution in [0.2, 0.25) is 0 Å². The maximum atomic E-state index is 13.1. The number of carbonyl (C=O) groups excluding carboxylic acids is 4. The Labute approximate surface area is 444 Å². The first-order chi connectivity index (χ1) is 36.7.